The highest BCUT2D eigenvalue weighted by Crippen LogP contribution is 1.88. The molecule has 2 N–H and O–H groups in total. The summed E-state index contributed by atoms with van der Waals surface area (Å²) >= 11 is 0. The molecule has 0 aliphatic rings. The third-order valence-corrected chi connectivity index (χ3v) is 1.75. The van der Waals surface area contributed by atoms with Crippen LogP contribution in [0.15, 0.2) is 0 Å². The molecule has 0 radical (unpaired) electrons. The van der Waals surface area contributed by atoms with Crippen molar-refractivity contribution in [3.05, 3.63) is 0 Å². The van der Waals surface area contributed by atoms with Gasteiger partial charge in [0.1, 0.15) is 0 Å². The maximum atomic E-state index is 11.1. The molecule has 0 bridgehead atoms. The molecule has 0 aliphatic heterocycles. The minimum atomic E-state index is -0.274. The largest absolute Gasteiger partial charge is 0.462 e. The highest BCUT2D eigenvalue weighted by atomic mass is 16.5. The first-order chi connectivity index (χ1) is 8.41. The lowest BCUT2D eigenvalue weighted by atomic mass is 10.4. The molecule has 0 unspecified atom stereocenters. The van der Waals surface area contributed by atoms with Gasteiger partial charge in [-0.15, -0.1) is 0 Å². The van der Waals surface area contributed by atoms with E-state index in [-0.39, 0.29) is 37.2 Å². The first-order valence-corrected chi connectivity index (χ1v) is 6.22. The van der Waals surface area contributed by atoms with Crippen LogP contribution in [-0.4, -0.2) is 50.3 Å². The molecule has 18 heavy (non-hydrogen) atoms. The van der Waals surface area contributed by atoms with Gasteiger partial charge in [0.05, 0.1) is 25.3 Å². The summed E-state index contributed by atoms with van der Waals surface area (Å²) in [5.74, 6) is -0.548. The van der Waals surface area contributed by atoms with E-state index >= 15 is 0 Å². The Hall–Kier alpha value is -1.14. The average molecular weight is 260 g/mol. The number of carbonyl (C=O) groups excluding carboxylic acids is 2. The van der Waals surface area contributed by atoms with Crippen LogP contribution in [-0.2, 0) is 19.1 Å². The number of carbonyl (C=O) groups is 2. The molecule has 0 aromatic carbocycles. The number of hydrogen-bond acceptors (Lipinski definition) is 6. The molecule has 0 heterocycles. The molecule has 0 fully saturated rings. The van der Waals surface area contributed by atoms with E-state index in [9.17, 15) is 9.59 Å². The van der Waals surface area contributed by atoms with Crippen molar-refractivity contribution in [2.75, 3.05) is 26.2 Å². The zero-order valence-electron chi connectivity index (χ0n) is 11.6. The molecule has 6 heteroatoms. The second kappa shape index (κ2) is 9.85. The van der Waals surface area contributed by atoms with Crippen LogP contribution in [0.5, 0.6) is 0 Å². The van der Waals surface area contributed by atoms with Crippen molar-refractivity contribution in [2.45, 2.75) is 39.9 Å². The predicted octanol–water partition coefficient (Wildman–Crippen LogP) is 0.0688. The Morgan fingerprint density at radius 3 is 1.44 bits per heavy atom. The van der Waals surface area contributed by atoms with Gasteiger partial charge in [0.2, 0.25) is 0 Å². The molecule has 0 amide bonds. The minimum Gasteiger partial charge on any atom is -0.462 e. The van der Waals surface area contributed by atoms with E-state index in [1.165, 1.54) is 0 Å². The van der Waals surface area contributed by atoms with E-state index in [0.29, 0.717) is 13.1 Å². The first-order valence-electron chi connectivity index (χ1n) is 6.22. The SMILES string of the molecule is CC(C)OC(=O)CNCCNCC(=O)OC(C)C. The summed E-state index contributed by atoms with van der Waals surface area (Å²) < 4.78 is 9.89. The number of ether oxygens (including phenoxy) is 2. The normalized spacial score (nSPS) is 10.8. The van der Waals surface area contributed by atoms with Crippen molar-refractivity contribution in [3.63, 3.8) is 0 Å². The quantitative estimate of drug-likeness (QED) is 0.451. The van der Waals surface area contributed by atoms with Gasteiger partial charge in [0, 0.05) is 13.1 Å². The van der Waals surface area contributed by atoms with Crippen LogP contribution in [0.2, 0.25) is 0 Å². The fraction of sp³-hybridized carbons (Fsp3) is 0.833. The summed E-state index contributed by atoms with van der Waals surface area (Å²) in [5.41, 5.74) is 0. The van der Waals surface area contributed by atoms with Gasteiger partial charge in [0.15, 0.2) is 0 Å². The third-order valence-electron chi connectivity index (χ3n) is 1.75. The van der Waals surface area contributed by atoms with E-state index in [1.807, 2.05) is 0 Å². The fourth-order valence-corrected chi connectivity index (χ4v) is 1.17. The molecule has 0 spiro atoms. The molecule has 0 saturated heterocycles. The van der Waals surface area contributed by atoms with Crippen LogP contribution < -0.4 is 10.6 Å². The van der Waals surface area contributed by atoms with Crippen LogP contribution in [0.1, 0.15) is 27.7 Å². The van der Waals surface area contributed by atoms with Crippen LogP contribution in [0.4, 0.5) is 0 Å². The summed E-state index contributed by atoms with van der Waals surface area (Å²) in [5, 5.41) is 5.83. The molecule has 6 nitrogen and oxygen atoms in total. The fourth-order valence-electron chi connectivity index (χ4n) is 1.17. The van der Waals surface area contributed by atoms with E-state index in [1.54, 1.807) is 27.7 Å². The summed E-state index contributed by atoms with van der Waals surface area (Å²) in [6.45, 7) is 8.75. The molecule has 0 aromatic rings. The van der Waals surface area contributed by atoms with Crippen LogP contribution in [0, 0.1) is 0 Å². The van der Waals surface area contributed by atoms with Gasteiger partial charge in [-0.25, -0.2) is 0 Å². The zero-order valence-corrected chi connectivity index (χ0v) is 11.6. The van der Waals surface area contributed by atoms with E-state index < -0.39 is 0 Å². The Bertz CT molecular complexity index is 228. The molecule has 0 rings (SSSR count). The lowest BCUT2D eigenvalue weighted by Gasteiger charge is -2.10. The van der Waals surface area contributed by atoms with Crippen LogP contribution >= 0.6 is 0 Å². The topological polar surface area (TPSA) is 76.7 Å². The summed E-state index contributed by atoms with van der Waals surface area (Å²) in [6.07, 6.45) is -0.188. The molecular formula is C12H24N2O4. The Balaban J connectivity index is 3.36. The highest BCUT2D eigenvalue weighted by molar-refractivity contribution is 5.72. The van der Waals surface area contributed by atoms with Gasteiger partial charge >= 0.3 is 11.9 Å². The summed E-state index contributed by atoms with van der Waals surface area (Å²) in [6, 6.07) is 0. The predicted molar refractivity (Wildman–Crippen MR) is 68.2 cm³/mol. The smallest absolute Gasteiger partial charge is 0.320 e. The van der Waals surface area contributed by atoms with Crippen molar-refractivity contribution < 1.29 is 19.1 Å². The van der Waals surface area contributed by atoms with Crippen molar-refractivity contribution in [1.29, 1.82) is 0 Å². The number of nitrogens with one attached hydrogen (secondary N) is 2. The average Bonchev–Trinajstić information content (AvgIpc) is 2.20. The Labute approximate surface area is 108 Å². The lowest BCUT2D eigenvalue weighted by Crippen LogP contribution is -2.35. The van der Waals surface area contributed by atoms with Crippen LogP contribution in [0.25, 0.3) is 0 Å². The van der Waals surface area contributed by atoms with Gasteiger partial charge in [-0.1, -0.05) is 0 Å². The standard InChI is InChI=1S/C12H24N2O4/c1-9(2)17-11(15)7-13-5-6-14-8-12(16)18-10(3)4/h9-10,13-14H,5-8H2,1-4H3. The van der Waals surface area contributed by atoms with Crippen LogP contribution in [0.3, 0.4) is 0 Å². The second-order valence-corrected chi connectivity index (χ2v) is 4.43. The third kappa shape index (κ3) is 11.3. The maximum Gasteiger partial charge on any atom is 0.320 e. The summed E-state index contributed by atoms with van der Waals surface area (Å²) in [7, 11) is 0. The second-order valence-electron chi connectivity index (χ2n) is 4.43. The van der Waals surface area contributed by atoms with E-state index in [0.717, 1.165) is 0 Å². The van der Waals surface area contributed by atoms with Crippen molar-refractivity contribution >= 4 is 11.9 Å². The van der Waals surface area contributed by atoms with Crippen molar-refractivity contribution in [1.82, 2.24) is 10.6 Å². The van der Waals surface area contributed by atoms with Crippen molar-refractivity contribution in [2.24, 2.45) is 0 Å². The highest BCUT2D eigenvalue weighted by Gasteiger charge is 2.05. The Kier molecular flexibility index (Phi) is 9.22. The number of hydrogen-bond donors (Lipinski definition) is 2. The molecule has 0 saturated carbocycles. The van der Waals surface area contributed by atoms with Gasteiger partial charge in [-0.3, -0.25) is 9.59 Å². The Morgan fingerprint density at radius 1 is 0.833 bits per heavy atom. The summed E-state index contributed by atoms with van der Waals surface area (Å²) in [4.78, 5) is 22.3. The number of esters is 2. The van der Waals surface area contributed by atoms with Crippen molar-refractivity contribution in [3.8, 4) is 0 Å². The van der Waals surface area contributed by atoms with E-state index in [4.69, 9.17) is 9.47 Å². The molecule has 106 valence electrons. The van der Waals surface area contributed by atoms with Gasteiger partial charge in [0.25, 0.3) is 0 Å². The monoisotopic (exact) mass is 260 g/mol. The van der Waals surface area contributed by atoms with E-state index in [2.05, 4.69) is 10.6 Å². The first kappa shape index (κ1) is 16.9. The Morgan fingerprint density at radius 2 is 1.17 bits per heavy atom. The van der Waals surface area contributed by atoms with Gasteiger partial charge in [-0.05, 0) is 27.7 Å². The maximum absolute atomic E-state index is 11.1. The molecule has 0 aliphatic carbocycles. The van der Waals surface area contributed by atoms with Gasteiger partial charge < -0.3 is 20.1 Å². The molecule has 0 atom stereocenters. The molecular weight excluding hydrogens is 236 g/mol. The molecule has 0 aromatic heterocycles. The zero-order chi connectivity index (χ0) is 14.0. The lowest BCUT2D eigenvalue weighted by molar-refractivity contribution is -0.147. The number of rotatable bonds is 9. The minimum absolute atomic E-state index is 0.0942. The van der Waals surface area contributed by atoms with Gasteiger partial charge in [-0.2, -0.15) is 0 Å².